The van der Waals surface area contributed by atoms with E-state index in [1.165, 1.54) is 12.3 Å². The highest BCUT2D eigenvalue weighted by Crippen LogP contribution is 2.20. The normalized spacial score (nSPS) is 13.1. The lowest BCUT2D eigenvalue weighted by Gasteiger charge is -2.12. The van der Waals surface area contributed by atoms with E-state index in [0.29, 0.717) is 18.8 Å². The second kappa shape index (κ2) is 6.80. The third-order valence-corrected chi connectivity index (χ3v) is 4.16. The van der Waals surface area contributed by atoms with E-state index in [2.05, 4.69) is 5.32 Å². The van der Waals surface area contributed by atoms with E-state index in [9.17, 15) is 21.6 Å². The average Bonchev–Trinajstić information content (AvgIpc) is 2.78. The van der Waals surface area contributed by atoms with Crippen LogP contribution in [0.1, 0.15) is 32.5 Å². The summed E-state index contributed by atoms with van der Waals surface area (Å²) >= 11 is 0. The Kier molecular flexibility index (Phi) is 5.83. The van der Waals surface area contributed by atoms with Crippen LogP contribution in [-0.2, 0) is 16.6 Å². The van der Waals surface area contributed by atoms with E-state index >= 15 is 0 Å². The van der Waals surface area contributed by atoms with Crippen LogP contribution in [0.25, 0.3) is 0 Å². The molecule has 0 unspecified atom stereocenters. The molecule has 0 aromatic carbocycles. The summed E-state index contributed by atoms with van der Waals surface area (Å²) < 4.78 is 63.5. The van der Waals surface area contributed by atoms with Crippen molar-refractivity contribution in [3.63, 3.8) is 0 Å². The molecule has 0 aliphatic carbocycles. The van der Waals surface area contributed by atoms with Crippen molar-refractivity contribution < 1.29 is 21.6 Å². The van der Waals surface area contributed by atoms with Crippen LogP contribution in [0, 0.1) is 0 Å². The van der Waals surface area contributed by atoms with Gasteiger partial charge in [-0.15, -0.1) is 0 Å². The first kappa shape index (κ1) is 18.0. The molecule has 122 valence electrons. The molecule has 0 saturated carbocycles. The number of nitrogens with zero attached hydrogens (tertiary/aromatic N) is 1. The molecule has 0 amide bonds. The smallest absolute Gasteiger partial charge is 0.346 e. The molecule has 0 bridgehead atoms. The number of aromatic nitrogens is 1. The van der Waals surface area contributed by atoms with Crippen molar-refractivity contribution in [1.29, 1.82) is 0 Å². The van der Waals surface area contributed by atoms with Crippen molar-refractivity contribution in [2.75, 3.05) is 13.1 Å². The van der Waals surface area contributed by atoms with Crippen LogP contribution < -0.4 is 10.0 Å². The van der Waals surface area contributed by atoms with Gasteiger partial charge in [-0.2, -0.15) is 13.2 Å². The van der Waals surface area contributed by atoms with Gasteiger partial charge in [0.25, 0.3) is 0 Å². The Labute approximate surface area is 122 Å². The molecule has 2 N–H and O–H groups in total. The van der Waals surface area contributed by atoms with Gasteiger partial charge in [-0.3, -0.25) is 0 Å². The zero-order chi connectivity index (χ0) is 16.3. The standard InChI is InChI=1S/C12H20F3N3O2S/c1-4-16-6-10-5-11(7-18(10)9(2)3)21(19,20)17-8-12(13,14)15/h5,7,9,16-17H,4,6,8H2,1-3H3. The van der Waals surface area contributed by atoms with E-state index in [-0.39, 0.29) is 10.9 Å². The lowest BCUT2D eigenvalue weighted by atomic mass is 10.3. The molecular formula is C12H20F3N3O2S. The Bertz CT molecular complexity index is 565. The topological polar surface area (TPSA) is 63.1 Å². The minimum absolute atomic E-state index is 0.00484. The number of hydrogen-bond acceptors (Lipinski definition) is 3. The molecule has 0 aliphatic rings. The fourth-order valence-corrected chi connectivity index (χ4v) is 2.84. The van der Waals surface area contributed by atoms with Crippen LogP contribution in [0.4, 0.5) is 13.2 Å². The number of sulfonamides is 1. The molecule has 1 aromatic heterocycles. The van der Waals surface area contributed by atoms with Gasteiger partial charge in [0, 0.05) is 24.5 Å². The quantitative estimate of drug-likeness (QED) is 0.805. The van der Waals surface area contributed by atoms with Crippen LogP contribution in [-0.4, -0.2) is 32.3 Å². The predicted octanol–water partition coefficient (Wildman–Crippen LogP) is 2.02. The molecule has 1 aromatic rings. The Morgan fingerprint density at radius 3 is 2.43 bits per heavy atom. The van der Waals surface area contributed by atoms with Crippen molar-refractivity contribution in [2.45, 2.75) is 44.4 Å². The van der Waals surface area contributed by atoms with Crippen LogP contribution in [0.15, 0.2) is 17.2 Å². The summed E-state index contributed by atoms with van der Waals surface area (Å²) in [4.78, 5) is -0.159. The molecule has 1 heterocycles. The summed E-state index contributed by atoms with van der Waals surface area (Å²) in [5.41, 5.74) is 0.708. The molecular weight excluding hydrogens is 307 g/mol. The monoisotopic (exact) mass is 327 g/mol. The highest BCUT2D eigenvalue weighted by atomic mass is 32.2. The molecule has 1 rings (SSSR count). The Balaban J connectivity index is 3.01. The van der Waals surface area contributed by atoms with Crippen molar-refractivity contribution >= 4 is 10.0 Å². The number of rotatable bonds is 7. The first-order chi connectivity index (χ1) is 9.57. The Morgan fingerprint density at radius 2 is 1.95 bits per heavy atom. The number of hydrogen-bond donors (Lipinski definition) is 2. The molecule has 5 nitrogen and oxygen atoms in total. The SMILES string of the molecule is CCNCc1cc(S(=O)(=O)NCC(F)(F)F)cn1C(C)C. The minimum atomic E-state index is -4.58. The Morgan fingerprint density at radius 1 is 1.33 bits per heavy atom. The van der Waals surface area contributed by atoms with E-state index in [1.807, 2.05) is 20.8 Å². The van der Waals surface area contributed by atoms with Crippen molar-refractivity contribution in [3.8, 4) is 0 Å². The summed E-state index contributed by atoms with van der Waals surface area (Å²) in [6.07, 6.45) is -3.23. The first-order valence-corrected chi connectivity index (χ1v) is 8.03. The van der Waals surface area contributed by atoms with E-state index < -0.39 is 22.7 Å². The number of halogens is 3. The van der Waals surface area contributed by atoms with Gasteiger partial charge < -0.3 is 9.88 Å². The highest BCUT2D eigenvalue weighted by molar-refractivity contribution is 7.89. The van der Waals surface area contributed by atoms with Gasteiger partial charge in [0.2, 0.25) is 10.0 Å². The zero-order valence-electron chi connectivity index (χ0n) is 12.2. The molecule has 9 heteroatoms. The second-order valence-electron chi connectivity index (χ2n) is 4.89. The molecule has 0 saturated heterocycles. The largest absolute Gasteiger partial charge is 0.402 e. The maximum absolute atomic E-state index is 12.1. The predicted molar refractivity (Wildman–Crippen MR) is 73.4 cm³/mol. The van der Waals surface area contributed by atoms with Crippen LogP contribution >= 0.6 is 0 Å². The summed E-state index contributed by atoms with van der Waals surface area (Å²) in [6.45, 7) is 5.22. The van der Waals surface area contributed by atoms with Gasteiger partial charge in [0.05, 0.1) is 4.90 Å². The lowest BCUT2D eigenvalue weighted by molar-refractivity contribution is -0.121. The van der Waals surface area contributed by atoms with Gasteiger partial charge in [-0.1, -0.05) is 6.92 Å². The minimum Gasteiger partial charge on any atom is -0.346 e. The van der Waals surface area contributed by atoms with Crippen molar-refractivity contribution in [1.82, 2.24) is 14.6 Å². The summed E-state index contributed by atoms with van der Waals surface area (Å²) in [6, 6.07) is 1.40. The van der Waals surface area contributed by atoms with Gasteiger partial charge in [-0.05, 0) is 26.5 Å². The van der Waals surface area contributed by atoms with E-state index in [1.54, 1.807) is 9.29 Å². The van der Waals surface area contributed by atoms with Crippen LogP contribution in [0.2, 0.25) is 0 Å². The number of alkyl halides is 3. The molecule has 0 atom stereocenters. The fraction of sp³-hybridized carbons (Fsp3) is 0.667. The molecule has 0 fully saturated rings. The van der Waals surface area contributed by atoms with Crippen LogP contribution in [0.5, 0.6) is 0 Å². The summed E-state index contributed by atoms with van der Waals surface area (Å²) in [7, 11) is -4.17. The molecule has 0 spiro atoms. The second-order valence-corrected chi connectivity index (χ2v) is 6.66. The number of nitrogens with one attached hydrogen (secondary N) is 2. The van der Waals surface area contributed by atoms with Gasteiger partial charge in [0.15, 0.2) is 0 Å². The van der Waals surface area contributed by atoms with Gasteiger partial charge in [0.1, 0.15) is 6.54 Å². The molecule has 21 heavy (non-hydrogen) atoms. The maximum Gasteiger partial charge on any atom is 0.402 e. The zero-order valence-corrected chi connectivity index (χ0v) is 13.0. The van der Waals surface area contributed by atoms with E-state index in [0.717, 1.165) is 0 Å². The van der Waals surface area contributed by atoms with Crippen molar-refractivity contribution in [2.24, 2.45) is 0 Å². The van der Waals surface area contributed by atoms with E-state index in [4.69, 9.17) is 0 Å². The summed E-state index contributed by atoms with van der Waals surface area (Å²) in [5.74, 6) is 0. The Hall–Kier alpha value is -1.06. The average molecular weight is 327 g/mol. The third kappa shape index (κ3) is 5.33. The fourth-order valence-electron chi connectivity index (χ4n) is 1.78. The van der Waals surface area contributed by atoms with Crippen molar-refractivity contribution in [3.05, 3.63) is 18.0 Å². The third-order valence-electron chi connectivity index (χ3n) is 2.79. The molecule has 0 aliphatic heterocycles. The van der Waals surface area contributed by atoms with Gasteiger partial charge >= 0.3 is 6.18 Å². The molecule has 0 radical (unpaired) electrons. The highest BCUT2D eigenvalue weighted by Gasteiger charge is 2.30. The van der Waals surface area contributed by atoms with Crippen LogP contribution in [0.3, 0.4) is 0 Å². The first-order valence-electron chi connectivity index (χ1n) is 6.54. The summed E-state index contributed by atoms with van der Waals surface area (Å²) in [5, 5.41) is 3.06. The van der Waals surface area contributed by atoms with Gasteiger partial charge in [-0.25, -0.2) is 13.1 Å². The lowest BCUT2D eigenvalue weighted by Crippen LogP contribution is -2.33. The maximum atomic E-state index is 12.1.